The van der Waals surface area contributed by atoms with E-state index in [9.17, 15) is 9.59 Å². The van der Waals surface area contributed by atoms with Crippen LogP contribution in [-0.4, -0.2) is 47.4 Å². The van der Waals surface area contributed by atoms with Crippen LogP contribution in [0.4, 0.5) is 5.69 Å². The van der Waals surface area contributed by atoms with E-state index in [2.05, 4.69) is 20.5 Å². The lowest BCUT2D eigenvalue weighted by molar-refractivity contribution is -0.114. The van der Waals surface area contributed by atoms with Gasteiger partial charge in [0, 0.05) is 43.0 Å². The monoisotopic (exact) mass is 380 g/mol. The Kier molecular flexibility index (Phi) is 5.25. The van der Waals surface area contributed by atoms with Crippen molar-refractivity contribution in [3.05, 3.63) is 48.2 Å². The van der Waals surface area contributed by atoms with Crippen LogP contribution >= 0.6 is 0 Å². The molecule has 7 heteroatoms. The van der Waals surface area contributed by atoms with Crippen molar-refractivity contribution in [2.45, 2.75) is 25.8 Å². The highest BCUT2D eigenvalue weighted by atomic mass is 16.5. The van der Waals surface area contributed by atoms with Crippen molar-refractivity contribution < 1.29 is 14.3 Å². The summed E-state index contributed by atoms with van der Waals surface area (Å²) >= 11 is 0. The number of anilines is 1. The van der Waals surface area contributed by atoms with Gasteiger partial charge in [0.1, 0.15) is 5.75 Å². The molecule has 28 heavy (non-hydrogen) atoms. The third-order valence-corrected chi connectivity index (χ3v) is 5.37. The normalized spacial score (nSPS) is 23.1. The van der Waals surface area contributed by atoms with Crippen LogP contribution in [0.5, 0.6) is 11.6 Å². The molecule has 0 radical (unpaired) electrons. The maximum absolute atomic E-state index is 12.6. The van der Waals surface area contributed by atoms with E-state index in [1.54, 1.807) is 42.6 Å². The van der Waals surface area contributed by atoms with Crippen LogP contribution in [0.15, 0.2) is 42.6 Å². The zero-order valence-electron chi connectivity index (χ0n) is 15.9. The molecule has 1 unspecified atom stereocenters. The molecule has 2 aromatic rings. The van der Waals surface area contributed by atoms with Crippen LogP contribution in [0, 0.1) is 5.92 Å². The summed E-state index contributed by atoms with van der Waals surface area (Å²) in [5.74, 6) is 1.34. The summed E-state index contributed by atoms with van der Waals surface area (Å²) in [6.45, 7) is 4.70. The highest BCUT2D eigenvalue weighted by Gasteiger charge is 2.34. The van der Waals surface area contributed by atoms with Crippen molar-refractivity contribution in [3.63, 3.8) is 0 Å². The third-order valence-electron chi connectivity index (χ3n) is 5.37. The van der Waals surface area contributed by atoms with Gasteiger partial charge in [0.05, 0.1) is 0 Å². The Labute approximate surface area is 164 Å². The summed E-state index contributed by atoms with van der Waals surface area (Å²) in [4.78, 5) is 30.3. The van der Waals surface area contributed by atoms with Crippen LogP contribution in [0.2, 0.25) is 0 Å². The Morgan fingerprint density at radius 1 is 1.14 bits per heavy atom. The van der Waals surface area contributed by atoms with Crippen molar-refractivity contribution >= 4 is 17.5 Å². The van der Waals surface area contributed by atoms with E-state index in [0.29, 0.717) is 28.8 Å². The number of ether oxygens (including phenoxy) is 1. The molecule has 4 heterocycles. The number of nitrogens with one attached hydrogen (secondary N) is 2. The van der Waals surface area contributed by atoms with Gasteiger partial charge in [-0.3, -0.25) is 9.59 Å². The first-order chi connectivity index (χ1) is 13.6. The molecule has 3 fully saturated rings. The van der Waals surface area contributed by atoms with E-state index in [-0.39, 0.29) is 17.9 Å². The van der Waals surface area contributed by atoms with Gasteiger partial charge in [0.2, 0.25) is 11.8 Å². The largest absolute Gasteiger partial charge is 0.439 e. The number of aromatic nitrogens is 1. The third kappa shape index (κ3) is 4.31. The molecule has 1 atom stereocenters. The second-order valence-corrected chi connectivity index (χ2v) is 7.41. The number of amides is 2. The fourth-order valence-corrected chi connectivity index (χ4v) is 3.92. The minimum Gasteiger partial charge on any atom is -0.439 e. The van der Waals surface area contributed by atoms with E-state index in [0.717, 1.165) is 19.6 Å². The Morgan fingerprint density at radius 2 is 1.89 bits per heavy atom. The van der Waals surface area contributed by atoms with Crippen molar-refractivity contribution in [2.24, 2.45) is 5.92 Å². The molecule has 1 aromatic carbocycles. The lowest BCUT2D eigenvalue weighted by Gasteiger charge is -2.44. The number of carbonyl (C=O) groups is 2. The molecule has 0 aliphatic carbocycles. The number of piperidine rings is 3. The number of fused-ring (bicyclic) bond motifs is 3. The lowest BCUT2D eigenvalue weighted by Crippen LogP contribution is -2.57. The molecule has 3 aliphatic heterocycles. The number of hydrogen-bond donors (Lipinski definition) is 2. The smallest absolute Gasteiger partial charge is 0.251 e. The number of benzene rings is 1. The molecule has 3 aliphatic rings. The number of rotatable bonds is 5. The second-order valence-electron chi connectivity index (χ2n) is 7.41. The summed E-state index contributed by atoms with van der Waals surface area (Å²) < 4.78 is 5.72. The molecular weight excluding hydrogens is 356 g/mol. The van der Waals surface area contributed by atoms with Gasteiger partial charge >= 0.3 is 0 Å². The fourth-order valence-electron chi connectivity index (χ4n) is 3.92. The number of hydrogen-bond acceptors (Lipinski definition) is 5. The number of nitrogens with zero attached hydrogens (tertiary/aromatic N) is 2. The van der Waals surface area contributed by atoms with Crippen LogP contribution in [-0.2, 0) is 4.79 Å². The first kappa shape index (κ1) is 18.4. The maximum atomic E-state index is 12.6. The van der Waals surface area contributed by atoms with E-state index in [1.807, 2.05) is 0 Å². The molecule has 3 saturated heterocycles. The first-order valence-corrected chi connectivity index (χ1v) is 9.61. The highest BCUT2D eigenvalue weighted by molar-refractivity contribution is 5.94. The van der Waals surface area contributed by atoms with Gasteiger partial charge < -0.3 is 20.3 Å². The van der Waals surface area contributed by atoms with Crippen LogP contribution in [0.3, 0.4) is 0 Å². The number of pyridine rings is 1. The summed E-state index contributed by atoms with van der Waals surface area (Å²) in [5.41, 5.74) is 1.23. The Balaban J connectivity index is 1.37. The zero-order chi connectivity index (χ0) is 19.5. The molecule has 1 aromatic heterocycles. The van der Waals surface area contributed by atoms with Crippen LogP contribution in [0.25, 0.3) is 0 Å². The van der Waals surface area contributed by atoms with Crippen molar-refractivity contribution in [1.82, 2.24) is 15.2 Å². The Bertz CT molecular complexity index is 860. The van der Waals surface area contributed by atoms with Gasteiger partial charge in [0.15, 0.2) is 0 Å². The predicted octanol–water partition coefficient (Wildman–Crippen LogP) is 2.66. The summed E-state index contributed by atoms with van der Waals surface area (Å²) in [6.07, 6.45) is 3.90. The van der Waals surface area contributed by atoms with Gasteiger partial charge in [-0.15, -0.1) is 0 Å². The lowest BCUT2D eigenvalue weighted by atomic mass is 9.84. The summed E-state index contributed by atoms with van der Waals surface area (Å²) in [7, 11) is 0. The van der Waals surface area contributed by atoms with Gasteiger partial charge in [-0.1, -0.05) is 0 Å². The van der Waals surface area contributed by atoms with Crippen LogP contribution in [0.1, 0.15) is 30.1 Å². The van der Waals surface area contributed by atoms with E-state index in [4.69, 9.17) is 4.74 Å². The maximum Gasteiger partial charge on any atom is 0.251 e. The van der Waals surface area contributed by atoms with Crippen molar-refractivity contribution in [2.75, 3.05) is 25.0 Å². The van der Waals surface area contributed by atoms with Crippen molar-refractivity contribution in [1.29, 1.82) is 0 Å². The van der Waals surface area contributed by atoms with Gasteiger partial charge in [-0.05, 0) is 62.2 Å². The Morgan fingerprint density at radius 3 is 2.54 bits per heavy atom. The van der Waals surface area contributed by atoms with E-state index < -0.39 is 0 Å². The SMILES string of the molecule is CC(=O)Nc1ccnc(Oc2ccc(C(=O)NC3CN4CCC3CC4)cc2)c1. The molecule has 2 amide bonds. The van der Waals surface area contributed by atoms with Gasteiger partial charge in [-0.2, -0.15) is 0 Å². The summed E-state index contributed by atoms with van der Waals surface area (Å²) in [5, 5.41) is 5.88. The molecular formula is C21H24N4O3. The average Bonchev–Trinajstić information content (AvgIpc) is 2.69. The molecule has 2 N–H and O–H groups in total. The molecule has 7 nitrogen and oxygen atoms in total. The van der Waals surface area contributed by atoms with E-state index in [1.165, 1.54) is 19.8 Å². The summed E-state index contributed by atoms with van der Waals surface area (Å²) in [6, 6.07) is 10.6. The van der Waals surface area contributed by atoms with Crippen molar-refractivity contribution in [3.8, 4) is 11.6 Å². The molecule has 0 spiro atoms. The topological polar surface area (TPSA) is 83.6 Å². The average molecular weight is 380 g/mol. The minimum atomic E-state index is -0.157. The first-order valence-electron chi connectivity index (χ1n) is 9.61. The highest BCUT2D eigenvalue weighted by Crippen LogP contribution is 2.28. The predicted molar refractivity (Wildman–Crippen MR) is 105 cm³/mol. The number of carbonyl (C=O) groups excluding carboxylic acids is 2. The van der Waals surface area contributed by atoms with E-state index >= 15 is 0 Å². The standard InChI is InChI=1S/C21H24N4O3/c1-14(26)23-17-6-9-22-20(12-17)28-18-4-2-16(3-5-18)21(27)24-19-13-25-10-7-15(19)8-11-25/h2-6,9,12,15,19H,7-8,10-11,13H2,1H3,(H,24,27)(H,22,23,26). The molecule has 2 bridgehead atoms. The molecule has 146 valence electrons. The Hall–Kier alpha value is -2.93. The van der Waals surface area contributed by atoms with Gasteiger partial charge in [0.25, 0.3) is 5.91 Å². The zero-order valence-corrected chi connectivity index (χ0v) is 15.9. The van der Waals surface area contributed by atoms with Crippen LogP contribution < -0.4 is 15.4 Å². The quantitative estimate of drug-likeness (QED) is 0.833. The van der Waals surface area contributed by atoms with Gasteiger partial charge in [-0.25, -0.2) is 4.98 Å². The fraction of sp³-hybridized carbons (Fsp3) is 0.381. The minimum absolute atomic E-state index is 0.0453. The molecule has 5 rings (SSSR count). The second kappa shape index (κ2) is 7.98. The molecule has 0 saturated carbocycles.